The van der Waals surface area contributed by atoms with Crippen LogP contribution in [-0.4, -0.2) is 15.9 Å². The summed E-state index contributed by atoms with van der Waals surface area (Å²) in [7, 11) is 0. The van der Waals surface area contributed by atoms with Gasteiger partial charge in [0.1, 0.15) is 12.1 Å². The summed E-state index contributed by atoms with van der Waals surface area (Å²) in [5.41, 5.74) is 4.24. The van der Waals surface area contributed by atoms with Crippen LogP contribution in [0.25, 0.3) is 0 Å². The third kappa shape index (κ3) is 2.35. The Hall–Kier alpha value is -2.43. The molecule has 0 spiro atoms. The number of rotatable bonds is 2. The molecule has 0 bridgehead atoms. The summed E-state index contributed by atoms with van der Waals surface area (Å²) < 4.78 is 0. The van der Waals surface area contributed by atoms with Crippen LogP contribution in [0.15, 0.2) is 24.5 Å². The Labute approximate surface area is 123 Å². The normalized spacial score (nSPS) is 15.5. The Balaban J connectivity index is 2.03. The average molecular weight is 282 g/mol. The van der Waals surface area contributed by atoms with E-state index in [1.54, 1.807) is 0 Å². The van der Waals surface area contributed by atoms with Gasteiger partial charge in [0, 0.05) is 23.0 Å². The van der Waals surface area contributed by atoms with Crippen LogP contribution in [0.2, 0.25) is 0 Å². The lowest BCUT2D eigenvalue weighted by Gasteiger charge is -2.20. The van der Waals surface area contributed by atoms with E-state index in [2.05, 4.69) is 20.6 Å². The number of aryl methyl sites for hydroxylation is 2. The number of aromatic nitrogens is 2. The van der Waals surface area contributed by atoms with Crippen molar-refractivity contribution in [2.75, 3.05) is 5.32 Å². The van der Waals surface area contributed by atoms with Crippen molar-refractivity contribution in [3.05, 3.63) is 46.9 Å². The third-order valence-electron chi connectivity index (χ3n) is 3.74. The molecule has 1 aliphatic heterocycles. The highest BCUT2D eigenvalue weighted by Crippen LogP contribution is 2.35. The van der Waals surface area contributed by atoms with Crippen LogP contribution in [0.5, 0.6) is 0 Å². The van der Waals surface area contributed by atoms with E-state index in [1.165, 1.54) is 6.33 Å². The molecule has 2 aromatic rings. The number of carbonyl (C=O) groups excluding carboxylic acids is 1. The molecule has 1 aromatic heterocycles. The molecule has 2 heterocycles. The van der Waals surface area contributed by atoms with Gasteiger partial charge in [-0.2, -0.15) is 0 Å². The summed E-state index contributed by atoms with van der Waals surface area (Å²) in [5, 5.41) is 6.28. The second-order valence-corrected chi connectivity index (χ2v) is 5.96. The molecular formula is C16H18N4O. The molecule has 0 radical (unpaired) electrons. The van der Waals surface area contributed by atoms with Crippen molar-refractivity contribution in [2.24, 2.45) is 0 Å². The Kier molecular flexibility index (Phi) is 2.93. The van der Waals surface area contributed by atoms with Gasteiger partial charge >= 0.3 is 0 Å². The fourth-order valence-electron chi connectivity index (χ4n) is 2.74. The lowest BCUT2D eigenvalue weighted by molar-refractivity contribution is 0.0940. The van der Waals surface area contributed by atoms with Gasteiger partial charge in [0.15, 0.2) is 0 Å². The first-order chi connectivity index (χ1) is 9.87. The molecular weight excluding hydrogens is 264 g/mol. The number of amides is 1. The van der Waals surface area contributed by atoms with Crippen LogP contribution in [0, 0.1) is 13.8 Å². The smallest absolute Gasteiger partial charge is 0.252 e. The second kappa shape index (κ2) is 4.55. The molecule has 5 heteroatoms. The fourth-order valence-corrected chi connectivity index (χ4v) is 2.74. The van der Waals surface area contributed by atoms with Gasteiger partial charge in [-0.05, 0) is 51.0 Å². The van der Waals surface area contributed by atoms with Crippen molar-refractivity contribution in [1.29, 1.82) is 0 Å². The summed E-state index contributed by atoms with van der Waals surface area (Å²) in [6, 6.07) is 5.87. The zero-order valence-corrected chi connectivity index (χ0v) is 12.6. The van der Waals surface area contributed by atoms with Gasteiger partial charge in [0.2, 0.25) is 0 Å². The molecule has 0 unspecified atom stereocenters. The van der Waals surface area contributed by atoms with Crippen LogP contribution in [-0.2, 0) is 5.54 Å². The minimum absolute atomic E-state index is 0.00284. The number of carbonyl (C=O) groups is 1. The topological polar surface area (TPSA) is 66.9 Å². The highest BCUT2D eigenvalue weighted by Gasteiger charge is 2.36. The van der Waals surface area contributed by atoms with E-state index < -0.39 is 0 Å². The Morgan fingerprint density at radius 1 is 1.14 bits per heavy atom. The molecule has 3 rings (SSSR count). The van der Waals surface area contributed by atoms with Crippen LogP contribution in [0.3, 0.4) is 0 Å². The summed E-state index contributed by atoms with van der Waals surface area (Å²) in [6.45, 7) is 7.90. The van der Waals surface area contributed by atoms with Crippen LogP contribution >= 0.6 is 0 Å². The van der Waals surface area contributed by atoms with Gasteiger partial charge in [-0.1, -0.05) is 0 Å². The van der Waals surface area contributed by atoms with E-state index in [9.17, 15) is 4.79 Å². The molecule has 21 heavy (non-hydrogen) atoms. The molecule has 2 N–H and O–H groups in total. The van der Waals surface area contributed by atoms with Crippen molar-refractivity contribution in [1.82, 2.24) is 15.3 Å². The molecule has 1 aliphatic rings. The zero-order valence-electron chi connectivity index (χ0n) is 12.6. The lowest BCUT2D eigenvalue weighted by atomic mass is 9.92. The predicted molar refractivity (Wildman–Crippen MR) is 81.7 cm³/mol. The summed E-state index contributed by atoms with van der Waals surface area (Å²) in [6.07, 6.45) is 1.53. The van der Waals surface area contributed by atoms with Gasteiger partial charge < -0.3 is 10.6 Å². The monoisotopic (exact) mass is 282 g/mol. The van der Waals surface area contributed by atoms with Gasteiger partial charge in [-0.3, -0.25) is 4.79 Å². The first kappa shape index (κ1) is 13.5. The molecule has 1 amide bonds. The molecule has 0 aliphatic carbocycles. The summed E-state index contributed by atoms with van der Waals surface area (Å²) >= 11 is 0. The maximum Gasteiger partial charge on any atom is 0.252 e. The van der Waals surface area contributed by atoms with Crippen molar-refractivity contribution in [2.45, 2.75) is 33.2 Å². The van der Waals surface area contributed by atoms with Gasteiger partial charge in [0.05, 0.1) is 5.54 Å². The van der Waals surface area contributed by atoms with Crippen LogP contribution < -0.4 is 10.6 Å². The molecule has 5 nitrogen and oxygen atoms in total. The minimum Gasteiger partial charge on any atom is -0.343 e. The largest absolute Gasteiger partial charge is 0.343 e. The van der Waals surface area contributed by atoms with E-state index in [0.29, 0.717) is 0 Å². The van der Waals surface area contributed by atoms with Crippen LogP contribution in [0.4, 0.5) is 11.5 Å². The standard InChI is InChI=1S/C16H18N4O/c1-9-5-11(19-13-6-10(2)17-8-18-13)7-12-14(9)15(21)20-16(12,3)4/h5-8H,1-4H3,(H,20,21)(H,17,18,19). The maximum absolute atomic E-state index is 12.1. The second-order valence-electron chi connectivity index (χ2n) is 5.96. The molecule has 0 fully saturated rings. The van der Waals surface area contributed by atoms with E-state index in [0.717, 1.165) is 33.9 Å². The number of anilines is 2. The predicted octanol–water partition coefficient (Wildman–Crippen LogP) is 2.82. The van der Waals surface area contributed by atoms with Crippen molar-refractivity contribution < 1.29 is 4.79 Å². The number of fused-ring (bicyclic) bond motifs is 1. The van der Waals surface area contributed by atoms with E-state index in [1.807, 2.05) is 45.9 Å². The lowest BCUT2D eigenvalue weighted by Crippen LogP contribution is -2.32. The number of hydrogen-bond donors (Lipinski definition) is 2. The Morgan fingerprint density at radius 3 is 2.62 bits per heavy atom. The van der Waals surface area contributed by atoms with Crippen molar-refractivity contribution in [3.63, 3.8) is 0 Å². The highest BCUT2D eigenvalue weighted by atomic mass is 16.2. The number of benzene rings is 1. The molecule has 0 atom stereocenters. The maximum atomic E-state index is 12.1. The highest BCUT2D eigenvalue weighted by molar-refractivity contribution is 6.01. The Morgan fingerprint density at radius 2 is 1.90 bits per heavy atom. The number of nitrogens with one attached hydrogen (secondary N) is 2. The third-order valence-corrected chi connectivity index (χ3v) is 3.74. The molecule has 0 saturated carbocycles. The van der Waals surface area contributed by atoms with E-state index in [4.69, 9.17) is 0 Å². The first-order valence-electron chi connectivity index (χ1n) is 6.90. The summed E-state index contributed by atoms with van der Waals surface area (Å²) in [5.74, 6) is 0.744. The Bertz CT molecular complexity index is 737. The van der Waals surface area contributed by atoms with Crippen LogP contribution in [0.1, 0.15) is 41.0 Å². The zero-order chi connectivity index (χ0) is 15.2. The van der Waals surface area contributed by atoms with Crippen molar-refractivity contribution >= 4 is 17.4 Å². The molecule has 0 saturated heterocycles. The SMILES string of the molecule is Cc1cc(Nc2cc(C)c3c(c2)C(C)(C)NC3=O)ncn1. The first-order valence-corrected chi connectivity index (χ1v) is 6.90. The van der Waals surface area contributed by atoms with Gasteiger partial charge in [-0.15, -0.1) is 0 Å². The fraction of sp³-hybridized carbons (Fsp3) is 0.312. The van der Waals surface area contributed by atoms with E-state index >= 15 is 0 Å². The number of hydrogen-bond acceptors (Lipinski definition) is 4. The molecule has 1 aromatic carbocycles. The van der Waals surface area contributed by atoms with Gasteiger partial charge in [-0.25, -0.2) is 9.97 Å². The molecule has 108 valence electrons. The minimum atomic E-state index is -0.351. The number of nitrogens with zero attached hydrogens (tertiary/aromatic N) is 2. The summed E-state index contributed by atoms with van der Waals surface area (Å²) in [4.78, 5) is 20.4. The van der Waals surface area contributed by atoms with Crippen molar-refractivity contribution in [3.8, 4) is 0 Å². The van der Waals surface area contributed by atoms with Gasteiger partial charge in [0.25, 0.3) is 5.91 Å². The quantitative estimate of drug-likeness (QED) is 0.889. The van der Waals surface area contributed by atoms with E-state index in [-0.39, 0.29) is 11.4 Å². The average Bonchev–Trinajstić information content (AvgIpc) is 2.59.